The summed E-state index contributed by atoms with van der Waals surface area (Å²) >= 11 is 5.87. The molecule has 2 aromatic rings. The van der Waals surface area contributed by atoms with E-state index in [-0.39, 0.29) is 11.9 Å². The van der Waals surface area contributed by atoms with Crippen molar-refractivity contribution in [1.82, 2.24) is 5.32 Å². The highest BCUT2D eigenvalue weighted by atomic mass is 35.5. The van der Waals surface area contributed by atoms with Gasteiger partial charge in [0, 0.05) is 16.8 Å². The SMILES string of the molecule is C[C@H](N[C@@H](C)c1ccc(F)c(F)c1)C(=O)Nc1cccc(Cl)c1. The first-order valence-corrected chi connectivity index (χ1v) is 7.52. The Bertz CT molecular complexity index is 709. The number of halogens is 3. The lowest BCUT2D eigenvalue weighted by atomic mass is 10.1. The van der Waals surface area contributed by atoms with Crippen LogP contribution in [0.2, 0.25) is 5.02 Å². The van der Waals surface area contributed by atoms with Crippen LogP contribution < -0.4 is 10.6 Å². The molecule has 0 saturated carbocycles. The van der Waals surface area contributed by atoms with Crippen molar-refractivity contribution < 1.29 is 13.6 Å². The van der Waals surface area contributed by atoms with Gasteiger partial charge in [-0.15, -0.1) is 0 Å². The van der Waals surface area contributed by atoms with Crippen LogP contribution in [-0.4, -0.2) is 11.9 Å². The van der Waals surface area contributed by atoms with Crippen molar-refractivity contribution in [3.8, 4) is 0 Å². The second-order valence-electron chi connectivity index (χ2n) is 5.28. The van der Waals surface area contributed by atoms with Crippen LogP contribution in [0.4, 0.5) is 14.5 Å². The van der Waals surface area contributed by atoms with Crippen LogP contribution in [0.25, 0.3) is 0 Å². The van der Waals surface area contributed by atoms with E-state index in [4.69, 9.17) is 11.6 Å². The summed E-state index contributed by atoms with van der Waals surface area (Å²) in [6.07, 6.45) is 0. The molecule has 0 bridgehead atoms. The molecule has 0 saturated heterocycles. The van der Waals surface area contributed by atoms with Gasteiger partial charge < -0.3 is 5.32 Å². The van der Waals surface area contributed by atoms with Crippen LogP contribution in [0, 0.1) is 11.6 Å². The van der Waals surface area contributed by atoms with E-state index in [1.54, 1.807) is 38.1 Å². The molecule has 0 fully saturated rings. The molecule has 3 nitrogen and oxygen atoms in total. The molecule has 23 heavy (non-hydrogen) atoms. The molecule has 0 aromatic heterocycles. The number of hydrogen-bond acceptors (Lipinski definition) is 2. The molecule has 0 aliphatic heterocycles. The normalized spacial score (nSPS) is 13.4. The summed E-state index contributed by atoms with van der Waals surface area (Å²) in [7, 11) is 0. The van der Waals surface area contributed by atoms with Gasteiger partial charge in [0.15, 0.2) is 11.6 Å². The van der Waals surface area contributed by atoms with Crippen LogP contribution in [0.3, 0.4) is 0 Å². The maximum absolute atomic E-state index is 13.3. The second kappa shape index (κ2) is 7.53. The lowest BCUT2D eigenvalue weighted by Gasteiger charge is -2.20. The Hall–Kier alpha value is -1.98. The maximum Gasteiger partial charge on any atom is 0.241 e. The predicted molar refractivity (Wildman–Crippen MR) is 87.5 cm³/mol. The Balaban J connectivity index is 1.98. The largest absolute Gasteiger partial charge is 0.325 e. The highest BCUT2D eigenvalue weighted by Gasteiger charge is 2.17. The average Bonchev–Trinajstić information content (AvgIpc) is 2.49. The molecule has 2 N–H and O–H groups in total. The molecule has 2 rings (SSSR count). The standard InChI is InChI=1S/C17H17ClF2N2O/c1-10(12-6-7-15(19)16(20)8-12)21-11(2)17(23)22-14-5-3-4-13(18)9-14/h3-11,21H,1-2H3,(H,22,23)/t10-,11-/m0/s1. The van der Waals surface area contributed by atoms with E-state index in [9.17, 15) is 13.6 Å². The number of benzene rings is 2. The summed E-state index contributed by atoms with van der Waals surface area (Å²) in [4.78, 5) is 12.2. The molecule has 0 aliphatic carbocycles. The van der Waals surface area contributed by atoms with Gasteiger partial charge in [-0.2, -0.15) is 0 Å². The van der Waals surface area contributed by atoms with Gasteiger partial charge in [0.25, 0.3) is 0 Å². The molecule has 2 atom stereocenters. The minimum absolute atomic E-state index is 0.248. The number of nitrogens with one attached hydrogen (secondary N) is 2. The second-order valence-corrected chi connectivity index (χ2v) is 5.72. The molecule has 0 unspecified atom stereocenters. The lowest BCUT2D eigenvalue weighted by molar-refractivity contribution is -0.117. The Kier molecular flexibility index (Phi) is 5.69. The van der Waals surface area contributed by atoms with Crippen LogP contribution in [0.5, 0.6) is 0 Å². The fourth-order valence-corrected chi connectivity index (χ4v) is 2.34. The van der Waals surface area contributed by atoms with Crippen molar-refractivity contribution in [3.63, 3.8) is 0 Å². The van der Waals surface area contributed by atoms with E-state index >= 15 is 0 Å². The van der Waals surface area contributed by atoms with Crippen molar-refractivity contribution in [2.24, 2.45) is 0 Å². The predicted octanol–water partition coefficient (Wildman–Crippen LogP) is 4.30. The zero-order chi connectivity index (χ0) is 17.0. The van der Waals surface area contributed by atoms with E-state index in [0.29, 0.717) is 16.3 Å². The van der Waals surface area contributed by atoms with Gasteiger partial charge in [-0.25, -0.2) is 8.78 Å². The topological polar surface area (TPSA) is 41.1 Å². The summed E-state index contributed by atoms with van der Waals surface area (Å²) in [6, 6.07) is 9.65. The molecule has 0 spiro atoms. The third kappa shape index (κ3) is 4.74. The number of hydrogen-bond donors (Lipinski definition) is 2. The Morgan fingerprint density at radius 2 is 1.83 bits per heavy atom. The van der Waals surface area contributed by atoms with Crippen LogP contribution in [0.1, 0.15) is 25.5 Å². The summed E-state index contributed by atoms with van der Waals surface area (Å²) in [5.74, 6) is -2.05. The fourth-order valence-electron chi connectivity index (χ4n) is 2.15. The Morgan fingerprint density at radius 3 is 2.48 bits per heavy atom. The molecule has 0 heterocycles. The number of amides is 1. The van der Waals surface area contributed by atoms with Crippen molar-refractivity contribution in [2.75, 3.05) is 5.32 Å². The summed E-state index contributed by atoms with van der Waals surface area (Å²) in [5.41, 5.74) is 1.16. The van der Waals surface area contributed by atoms with Crippen molar-refractivity contribution >= 4 is 23.2 Å². The van der Waals surface area contributed by atoms with Gasteiger partial charge in [-0.05, 0) is 49.7 Å². The molecule has 122 valence electrons. The maximum atomic E-state index is 13.3. The molecule has 2 aromatic carbocycles. The van der Waals surface area contributed by atoms with Gasteiger partial charge >= 0.3 is 0 Å². The Labute approximate surface area is 138 Å². The molecular formula is C17H17ClF2N2O. The van der Waals surface area contributed by atoms with E-state index in [1.165, 1.54) is 6.07 Å². The molecule has 0 aliphatic rings. The first kappa shape index (κ1) is 17.4. The monoisotopic (exact) mass is 338 g/mol. The zero-order valence-electron chi connectivity index (χ0n) is 12.7. The first-order valence-electron chi connectivity index (χ1n) is 7.14. The van der Waals surface area contributed by atoms with Gasteiger partial charge in [0.05, 0.1) is 6.04 Å². The average molecular weight is 339 g/mol. The van der Waals surface area contributed by atoms with Gasteiger partial charge in [-0.1, -0.05) is 23.7 Å². The third-order valence-electron chi connectivity index (χ3n) is 3.43. The van der Waals surface area contributed by atoms with Crippen LogP contribution in [-0.2, 0) is 4.79 Å². The summed E-state index contributed by atoms with van der Waals surface area (Å²) in [6.45, 7) is 3.46. The van der Waals surface area contributed by atoms with E-state index in [0.717, 1.165) is 12.1 Å². The number of carbonyl (C=O) groups excluding carboxylic acids is 1. The summed E-state index contributed by atoms with van der Waals surface area (Å²) in [5, 5.41) is 6.31. The van der Waals surface area contributed by atoms with E-state index in [1.807, 2.05) is 0 Å². The molecule has 1 amide bonds. The fraction of sp³-hybridized carbons (Fsp3) is 0.235. The van der Waals surface area contributed by atoms with E-state index < -0.39 is 17.7 Å². The highest BCUT2D eigenvalue weighted by molar-refractivity contribution is 6.30. The Morgan fingerprint density at radius 1 is 1.09 bits per heavy atom. The molecular weight excluding hydrogens is 322 g/mol. The number of rotatable bonds is 5. The first-order chi connectivity index (χ1) is 10.9. The lowest BCUT2D eigenvalue weighted by Crippen LogP contribution is -2.39. The third-order valence-corrected chi connectivity index (χ3v) is 3.66. The van der Waals surface area contributed by atoms with E-state index in [2.05, 4.69) is 10.6 Å². The quantitative estimate of drug-likeness (QED) is 0.853. The van der Waals surface area contributed by atoms with Gasteiger partial charge in [0.2, 0.25) is 5.91 Å². The smallest absolute Gasteiger partial charge is 0.241 e. The van der Waals surface area contributed by atoms with Crippen molar-refractivity contribution in [2.45, 2.75) is 25.9 Å². The minimum atomic E-state index is -0.910. The number of carbonyl (C=O) groups is 1. The zero-order valence-corrected chi connectivity index (χ0v) is 13.5. The minimum Gasteiger partial charge on any atom is -0.325 e. The van der Waals surface area contributed by atoms with Crippen molar-refractivity contribution in [1.29, 1.82) is 0 Å². The molecule has 0 radical (unpaired) electrons. The number of anilines is 1. The van der Waals surface area contributed by atoms with Gasteiger partial charge in [-0.3, -0.25) is 10.1 Å². The van der Waals surface area contributed by atoms with Gasteiger partial charge in [0.1, 0.15) is 0 Å². The van der Waals surface area contributed by atoms with Crippen LogP contribution in [0.15, 0.2) is 42.5 Å². The molecule has 6 heteroatoms. The summed E-state index contributed by atoms with van der Waals surface area (Å²) < 4.78 is 26.2. The van der Waals surface area contributed by atoms with Crippen LogP contribution >= 0.6 is 11.6 Å². The van der Waals surface area contributed by atoms with Crippen molar-refractivity contribution in [3.05, 3.63) is 64.7 Å². The highest BCUT2D eigenvalue weighted by Crippen LogP contribution is 2.18.